The van der Waals surface area contributed by atoms with E-state index in [9.17, 15) is 9.90 Å². The van der Waals surface area contributed by atoms with Crippen LogP contribution < -0.4 is 30.7 Å². The highest BCUT2D eigenvalue weighted by atomic mass is 35.5. The van der Waals surface area contributed by atoms with E-state index in [0.29, 0.717) is 60.1 Å². The van der Waals surface area contributed by atoms with Crippen molar-refractivity contribution in [2.45, 2.75) is 56.3 Å². The van der Waals surface area contributed by atoms with Gasteiger partial charge in [-0.3, -0.25) is 10.2 Å². The van der Waals surface area contributed by atoms with Gasteiger partial charge in [0.05, 0.1) is 24.8 Å². The van der Waals surface area contributed by atoms with Crippen molar-refractivity contribution in [3.8, 4) is 5.75 Å². The van der Waals surface area contributed by atoms with Crippen molar-refractivity contribution in [3.63, 3.8) is 0 Å². The number of hydrogen-bond acceptors (Lipinski definition) is 9. The molecular formula is C27H34ClN7O3. The predicted molar refractivity (Wildman–Crippen MR) is 144 cm³/mol. The lowest BCUT2D eigenvalue weighted by Crippen LogP contribution is -2.51. The van der Waals surface area contributed by atoms with Crippen molar-refractivity contribution in [3.05, 3.63) is 35.1 Å². The SMILES string of the molecule is CCN1C(=O)[C@@]2(C[C@H]2C2CCC3C(C2)NNC3Nc2ncnc(N3CC(O)C3)c2Cl)c2cc(OC)ccc21. The highest BCUT2D eigenvalue weighted by molar-refractivity contribution is 6.35. The highest BCUT2D eigenvalue weighted by Gasteiger charge is 2.68. The van der Waals surface area contributed by atoms with E-state index in [0.717, 1.165) is 42.7 Å². The zero-order chi connectivity index (χ0) is 26.2. The fraction of sp³-hybridized carbons (Fsp3) is 0.593. The summed E-state index contributed by atoms with van der Waals surface area (Å²) in [5, 5.41) is 13.6. The largest absolute Gasteiger partial charge is 0.497 e. The second-order valence-corrected chi connectivity index (χ2v) is 11.8. The monoisotopic (exact) mass is 539 g/mol. The van der Waals surface area contributed by atoms with Crippen LogP contribution in [0.2, 0.25) is 5.02 Å². The fourth-order valence-corrected chi connectivity index (χ4v) is 7.76. The van der Waals surface area contributed by atoms with E-state index in [1.807, 2.05) is 21.9 Å². The Morgan fingerprint density at radius 3 is 2.87 bits per heavy atom. The minimum absolute atomic E-state index is 0.00923. The summed E-state index contributed by atoms with van der Waals surface area (Å²) >= 11 is 6.66. The van der Waals surface area contributed by atoms with E-state index in [-0.39, 0.29) is 18.2 Å². The van der Waals surface area contributed by atoms with Gasteiger partial charge in [-0.15, -0.1) is 0 Å². The second-order valence-electron chi connectivity index (χ2n) is 11.4. The molecule has 7 rings (SSSR count). The summed E-state index contributed by atoms with van der Waals surface area (Å²) in [6, 6.07) is 6.39. The van der Waals surface area contributed by atoms with Crippen LogP contribution >= 0.6 is 11.6 Å². The number of amides is 1. The first-order valence-electron chi connectivity index (χ1n) is 13.7. The summed E-state index contributed by atoms with van der Waals surface area (Å²) in [6.07, 6.45) is 5.25. The summed E-state index contributed by atoms with van der Waals surface area (Å²) in [5.74, 6) is 3.54. The summed E-state index contributed by atoms with van der Waals surface area (Å²) < 4.78 is 5.52. The average molecular weight is 540 g/mol. The number of rotatable bonds is 6. The Morgan fingerprint density at radius 2 is 2.11 bits per heavy atom. The third-order valence-electron chi connectivity index (χ3n) is 9.52. The molecule has 4 fully saturated rings. The van der Waals surface area contributed by atoms with Gasteiger partial charge >= 0.3 is 0 Å². The third kappa shape index (κ3) is 3.53. The zero-order valence-electron chi connectivity index (χ0n) is 21.7. The Bertz CT molecular complexity index is 1270. The van der Waals surface area contributed by atoms with Crippen molar-refractivity contribution in [2.24, 2.45) is 17.8 Å². The quantitative estimate of drug-likeness (QED) is 0.439. The fourth-order valence-electron chi connectivity index (χ4n) is 7.49. The number of nitrogens with one attached hydrogen (secondary N) is 3. The van der Waals surface area contributed by atoms with Gasteiger partial charge in [0.25, 0.3) is 0 Å². The van der Waals surface area contributed by atoms with Crippen LogP contribution in [0.4, 0.5) is 17.3 Å². The Labute approximate surface area is 227 Å². The number of benzene rings is 1. The van der Waals surface area contributed by atoms with Crippen molar-refractivity contribution in [1.29, 1.82) is 0 Å². The van der Waals surface area contributed by atoms with Gasteiger partial charge in [0, 0.05) is 37.3 Å². The Hall–Kier alpha value is -2.66. The summed E-state index contributed by atoms with van der Waals surface area (Å²) in [7, 11) is 1.68. The minimum Gasteiger partial charge on any atom is -0.497 e. The molecule has 4 unspecified atom stereocenters. The lowest BCUT2D eigenvalue weighted by molar-refractivity contribution is -0.120. The number of hydrazine groups is 1. The van der Waals surface area contributed by atoms with Crippen LogP contribution in [0.25, 0.3) is 0 Å². The number of β-amino-alcohol motifs (C(OH)–C–C–N with tert-alkyl or cyclic N) is 1. The topological polar surface area (TPSA) is 115 Å². The summed E-state index contributed by atoms with van der Waals surface area (Å²) in [5.41, 5.74) is 8.75. The van der Waals surface area contributed by atoms with E-state index < -0.39 is 5.41 Å². The summed E-state index contributed by atoms with van der Waals surface area (Å²) in [4.78, 5) is 26.3. The first-order valence-corrected chi connectivity index (χ1v) is 14.0. The number of anilines is 3. The van der Waals surface area contributed by atoms with Gasteiger partial charge in [0.2, 0.25) is 5.91 Å². The molecule has 4 heterocycles. The van der Waals surface area contributed by atoms with Gasteiger partial charge in [-0.25, -0.2) is 15.4 Å². The molecule has 0 radical (unpaired) electrons. The molecule has 3 aliphatic heterocycles. The van der Waals surface area contributed by atoms with Crippen LogP contribution in [0.5, 0.6) is 5.75 Å². The lowest BCUT2D eigenvalue weighted by atomic mass is 9.74. The number of aromatic nitrogens is 2. The molecule has 2 saturated carbocycles. The van der Waals surface area contributed by atoms with Gasteiger partial charge in [0.15, 0.2) is 11.6 Å². The molecule has 11 heteroatoms. The van der Waals surface area contributed by atoms with Gasteiger partial charge in [-0.2, -0.15) is 0 Å². The molecule has 0 bridgehead atoms. The molecule has 2 saturated heterocycles. The molecule has 1 amide bonds. The normalized spacial score (nSPS) is 33.8. The molecule has 1 spiro atoms. The number of aliphatic hydroxyl groups excluding tert-OH is 1. The van der Waals surface area contributed by atoms with E-state index >= 15 is 0 Å². The van der Waals surface area contributed by atoms with Crippen LogP contribution in [0, 0.1) is 17.8 Å². The van der Waals surface area contributed by atoms with E-state index in [2.05, 4.69) is 39.1 Å². The maximum atomic E-state index is 13.7. The molecule has 2 aliphatic carbocycles. The number of hydrogen-bond donors (Lipinski definition) is 4. The molecule has 10 nitrogen and oxygen atoms in total. The number of halogens is 1. The van der Waals surface area contributed by atoms with Crippen LogP contribution in [0.3, 0.4) is 0 Å². The number of carbonyl (C=O) groups is 1. The molecule has 5 aliphatic rings. The highest BCUT2D eigenvalue weighted by Crippen LogP contribution is 2.66. The van der Waals surface area contributed by atoms with E-state index in [1.165, 1.54) is 6.33 Å². The molecule has 38 heavy (non-hydrogen) atoms. The molecule has 6 atom stereocenters. The smallest absolute Gasteiger partial charge is 0.238 e. The predicted octanol–water partition coefficient (Wildman–Crippen LogP) is 2.27. The van der Waals surface area contributed by atoms with Crippen LogP contribution in [0.15, 0.2) is 24.5 Å². The molecule has 4 N–H and O–H groups in total. The van der Waals surface area contributed by atoms with Gasteiger partial charge in [-0.05, 0) is 68.2 Å². The Kier molecular flexibility index (Phi) is 5.74. The first kappa shape index (κ1) is 24.4. The molecule has 2 aromatic rings. The second kappa shape index (κ2) is 8.94. The van der Waals surface area contributed by atoms with Gasteiger partial charge in [-0.1, -0.05) is 11.6 Å². The van der Waals surface area contributed by atoms with Gasteiger partial charge in [0.1, 0.15) is 17.1 Å². The van der Waals surface area contributed by atoms with Crippen LogP contribution in [0.1, 0.15) is 38.2 Å². The number of likely N-dealkylation sites (N-methyl/N-ethyl adjacent to an activating group) is 1. The molecule has 1 aromatic carbocycles. The van der Waals surface area contributed by atoms with Crippen LogP contribution in [-0.4, -0.2) is 66.0 Å². The number of carbonyl (C=O) groups excluding carboxylic acids is 1. The van der Waals surface area contributed by atoms with E-state index in [4.69, 9.17) is 16.3 Å². The maximum Gasteiger partial charge on any atom is 0.238 e. The lowest BCUT2D eigenvalue weighted by Gasteiger charge is -2.37. The molecular weight excluding hydrogens is 506 g/mol. The standard InChI is InChI=1S/C27H34ClN7O3/c1-3-35-21-7-5-16(38-2)9-18(21)27(26(35)37)10-19(27)14-4-6-17-20(8-14)32-33-23(17)31-24-22(28)25(30-13-29-24)34-11-15(36)12-34/h5,7,9,13-15,17,19-20,23,32-33,36H,3-4,6,8,10-12H2,1-2H3,(H,29,30,31)/t14?,17?,19-,20?,23?,27-/m0/s1. The number of ether oxygens (including phenoxy) is 1. The average Bonchev–Trinajstić information content (AvgIpc) is 3.48. The van der Waals surface area contributed by atoms with E-state index in [1.54, 1.807) is 7.11 Å². The van der Waals surface area contributed by atoms with Gasteiger partial charge < -0.3 is 25.0 Å². The third-order valence-corrected chi connectivity index (χ3v) is 9.87. The Morgan fingerprint density at radius 1 is 1.26 bits per heavy atom. The van der Waals surface area contributed by atoms with Crippen molar-refractivity contribution in [2.75, 3.05) is 41.9 Å². The molecule has 1 aromatic heterocycles. The maximum absolute atomic E-state index is 13.7. The molecule has 202 valence electrons. The van der Waals surface area contributed by atoms with Crippen molar-refractivity contribution in [1.82, 2.24) is 20.8 Å². The number of aliphatic hydroxyl groups is 1. The Balaban J connectivity index is 1.05. The minimum atomic E-state index is -0.392. The number of fused-ring (bicyclic) bond motifs is 3. The zero-order valence-corrected chi connectivity index (χ0v) is 22.4. The first-order chi connectivity index (χ1) is 18.4. The number of methoxy groups -OCH3 is 1. The summed E-state index contributed by atoms with van der Waals surface area (Å²) in [6.45, 7) is 3.80. The van der Waals surface area contributed by atoms with Crippen LogP contribution in [-0.2, 0) is 10.2 Å². The van der Waals surface area contributed by atoms with Crippen molar-refractivity contribution >= 4 is 34.8 Å². The van der Waals surface area contributed by atoms with Crippen molar-refractivity contribution < 1.29 is 14.6 Å². The number of nitrogens with zero attached hydrogens (tertiary/aromatic N) is 4.